The van der Waals surface area contributed by atoms with Crippen LogP contribution in [-0.2, 0) is 6.42 Å². The van der Waals surface area contributed by atoms with Crippen LogP contribution in [0.5, 0.6) is 5.75 Å². The number of ether oxygens (including phenoxy) is 1. The third-order valence-electron chi connectivity index (χ3n) is 3.33. The van der Waals surface area contributed by atoms with Gasteiger partial charge in [-0.25, -0.2) is 0 Å². The van der Waals surface area contributed by atoms with Gasteiger partial charge >= 0.3 is 0 Å². The molecule has 2 aromatic rings. The van der Waals surface area contributed by atoms with Gasteiger partial charge in [-0.15, -0.1) is 0 Å². The fourth-order valence-corrected chi connectivity index (χ4v) is 2.24. The molecule has 1 heterocycles. The minimum Gasteiger partial charge on any atom is -0.497 e. The highest BCUT2D eigenvalue weighted by molar-refractivity contribution is 5.31. The van der Waals surface area contributed by atoms with Gasteiger partial charge in [0.05, 0.1) is 7.11 Å². The van der Waals surface area contributed by atoms with Crippen molar-refractivity contribution in [3.63, 3.8) is 0 Å². The molecule has 0 aliphatic rings. The van der Waals surface area contributed by atoms with Crippen molar-refractivity contribution in [2.75, 3.05) is 13.7 Å². The smallest absolute Gasteiger partial charge is 0.119 e. The maximum Gasteiger partial charge on any atom is 0.119 e. The minimum atomic E-state index is 0.299. The summed E-state index contributed by atoms with van der Waals surface area (Å²) in [6.07, 6.45) is 5.77. The summed E-state index contributed by atoms with van der Waals surface area (Å²) >= 11 is 0. The summed E-state index contributed by atoms with van der Waals surface area (Å²) in [6.45, 7) is 3.19. The first kappa shape index (κ1) is 14.5. The maximum absolute atomic E-state index is 5.32. The molecule has 106 valence electrons. The van der Waals surface area contributed by atoms with Crippen molar-refractivity contribution < 1.29 is 4.74 Å². The molecule has 0 fully saturated rings. The summed E-state index contributed by atoms with van der Waals surface area (Å²) in [4.78, 5) is 4.07. The standard InChI is InChI=1S/C17H22N2O/c1-3-9-19-17(12-14-7-10-18-11-8-14)15-5-4-6-16(13-15)20-2/h4-8,10-11,13,17,19H,3,9,12H2,1-2H3. The van der Waals surface area contributed by atoms with Gasteiger partial charge in [0.2, 0.25) is 0 Å². The zero-order valence-corrected chi connectivity index (χ0v) is 12.2. The molecule has 2 rings (SSSR count). The molecule has 20 heavy (non-hydrogen) atoms. The third kappa shape index (κ3) is 4.07. The Labute approximate surface area is 121 Å². The maximum atomic E-state index is 5.32. The van der Waals surface area contributed by atoms with Gasteiger partial charge in [0, 0.05) is 18.4 Å². The van der Waals surface area contributed by atoms with Crippen LogP contribution in [0.3, 0.4) is 0 Å². The highest BCUT2D eigenvalue weighted by Gasteiger charge is 2.12. The summed E-state index contributed by atoms with van der Waals surface area (Å²) in [5.41, 5.74) is 2.55. The molecule has 0 saturated heterocycles. The van der Waals surface area contributed by atoms with Crippen LogP contribution in [0.4, 0.5) is 0 Å². The highest BCUT2D eigenvalue weighted by Crippen LogP contribution is 2.22. The number of rotatable bonds is 7. The summed E-state index contributed by atoms with van der Waals surface area (Å²) in [6, 6.07) is 12.7. The van der Waals surface area contributed by atoms with Crippen molar-refractivity contribution >= 4 is 0 Å². The Kier molecular flexibility index (Phi) is 5.56. The molecule has 1 atom stereocenters. The third-order valence-corrected chi connectivity index (χ3v) is 3.33. The first-order valence-electron chi connectivity index (χ1n) is 7.09. The van der Waals surface area contributed by atoms with Crippen LogP contribution in [0.25, 0.3) is 0 Å². The van der Waals surface area contributed by atoms with E-state index in [4.69, 9.17) is 4.74 Å². The molecule has 0 saturated carbocycles. The second kappa shape index (κ2) is 7.65. The lowest BCUT2D eigenvalue weighted by molar-refractivity contribution is 0.412. The lowest BCUT2D eigenvalue weighted by Crippen LogP contribution is -2.24. The fraction of sp³-hybridized carbons (Fsp3) is 0.353. The number of hydrogen-bond acceptors (Lipinski definition) is 3. The van der Waals surface area contributed by atoms with Crippen molar-refractivity contribution in [2.24, 2.45) is 0 Å². The van der Waals surface area contributed by atoms with E-state index < -0.39 is 0 Å². The molecule has 1 N–H and O–H groups in total. The van der Waals surface area contributed by atoms with Gasteiger partial charge in [0.15, 0.2) is 0 Å². The summed E-state index contributed by atoms with van der Waals surface area (Å²) in [5.74, 6) is 0.903. The van der Waals surface area contributed by atoms with Crippen molar-refractivity contribution in [3.8, 4) is 5.75 Å². The Morgan fingerprint density at radius 1 is 1.20 bits per heavy atom. The van der Waals surface area contributed by atoms with E-state index in [-0.39, 0.29) is 0 Å². The molecule has 0 aliphatic heterocycles. The topological polar surface area (TPSA) is 34.2 Å². The van der Waals surface area contributed by atoms with E-state index in [1.165, 1.54) is 11.1 Å². The molecule has 1 aromatic carbocycles. The van der Waals surface area contributed by atoms with Crippen molar-refractivity contribution in [3.05, 3.63) is 59.9 Å². The van der Waals surface area contributed by atoms with E-state index in [9.17, 15) is 0 Å². The second-order valence-electron chi connectivity index (χ2n) is 4.84. The molecule has 0 bridgehead atoms. The van der Waals surface area contributed by atoms with Gasteiger partial charge in [0.1, 0.15) is 5.75 Å². The Morgan fingerprint density at radius 2 is 2.00 bits per heavy atom. The number of nitrogens with one attached hydrogen (secondary N) is 1. The largest absolute Gasteiger partial charge is 0.497 e. The quantitative estimate of drug-likeness (QED) is 0.837. The summed E-state index contributed by atoms with van der Waals surface area (Å²) in [7, 11) is 1.70. The highest BCUT2D eigenvalue weighted by atomic mass is 16.5. The number of hydrogen-bond donors (Lipinski definition) is 1. The van der Waals surface area contributed by atoms with Crippen LogP contribution in [-0.4, -0.2) is 18.6 Å². The minimum absolute atomic E-state index is 0.299. The van der Waals surface area contributed by atoms with Crippen LogP contribution >= 0.6 is 0 Å². The van der Waals surface area contributed by atoms with Gasteiger partial charge in [-0.2, -0.15) is 0 Å². The molecule has 1 unspecified atom stereocenters. The van der Waals surface area contributed by atoms with E-state index in [1.807, 2.05) is 24.5 Å². The van der Waals surface area contributed by atoms with Crippen LogP contribution < -0.4 is 10.1 Å². The number of nitrogens with zero attached hydrogens (tertiary/aromatic N) is 1. The SMILES string of the molecule is CCCNC(Cc1ccncc1)c1cccc(OC)c1. The summed E-state index contributed by atoms with van der Waals surface area (Å²) in [5, 5.41) is 3.61. The first-order chi connectivity index (χ1) is 9.83. The molecule has 3 nitrogen and oxygen atoms in total. The molecule has 1 aromatic heterocycles. The number of aromatic nitrogens is 1. The lowest BCUT2D eigenvalue weighted by atomic mass is 9.99. The van der Waals surface area contributed by atoms with Gasteiger partial charge < -0.3 is 10.1 Å². The molecular formula is C17H22N2O. The number of benzene rings is 1. The zero-order chi connectivity index (χ0) is 14.2. The molecule has 0 spiro atoms. The molecule has 3 heteroatoms. The number of pyridine rings is 1. The Morgan fingerprint density at radius 3 is 2.70 bits per heavy atom. The lowest BCUT2D eigenvalue weighted by Gasteiger charge is -2.19. The Balaban J connectivity index is 2.17. The van der Waals surface area contributed by atoms with E-state index >= 15 is 0 Å². The van der Waals surface area contributed by atoms with Crippen molar-refractivity contribution in [2.45, 2.75) is 25.8 Å². The zero-order valence-electron chi connectivity index (χ0n) is 12.2. The molecule has 0 radical (unpaired) electrons. The summed E-state index contributed by atoms with van der Waals surface area (Å²) < 4.78 is 5.32. The molecular weight excluding hydrogens is 248 g/mol. The van der Waals surface area contributed by atoms with E-state index in [0.29, 0.717) is 6.04 Å². The normalized spacial score (nSPS) is 12.1. The van der Waals surface area contributed by atoms with Crippen LogP contribution in [0.2, 0.25) is 0 Å². The average Bonchev–Trinajstić information content (AvgIpc) is 2.52. The average molecular weight is 270 g/mol. The Hall–Kier alpha value is -1.87. The van der Waals surface area contributed by atoms with E-state index in [0.717, 1.165) is 25.1 Å². The fourth-order valence-electron chi connectivity index (χ4n) is 2.24. The first-order valence-corrected chi connectivity index (χ1v) is 7.09. The predicted molar refractivity (Wildman–Crippen MR) is 82.0 cm³/mol. The van der Waals surface area contributed by atoms with Gasteiger partial charge in [-0.1, -0.05) is 19.1 Å². The Bertz CT molecular complexity index is 513. The monoisotopic (exact) mass is 270 g/mol. The van der Waals surface area contributed by atoms with Crippen LogP contribution in [0, 0.1) is 0 Å². The molecule has 0 aliphatic carbocycles. The van der Waals surface area contributed by atoms with Gasteiger partial charge in [0.25, 0.3) is 0 Å². The van der Waals surface area contributed by atoms with Crippen molar-refractivity contribution in [1.29, 1.82) is 0 Å². The van der Waals surface area contributed by atoms with Gasteiger partial charge in [-0.3, -0.25) is 4.98 Å². The van der Waals surface area contributed by atoms with E-state index in [2.05, 4.69) is 41.5 Å². The van der Waals surface area contributed by atoms with Crippen molar-refractivity contribution in [1.82, 2.24) is 10.3 Å². The van der Waals surface area contributed by atoms with Crippen LogP contribution in [0.1, 0.15) is 30.5 Å². The van der Waals surface area contributed by atoms with E-state index in [1.54, 1.807) is 7.11 Å². The predicted octanol–water partition coefficient (Wildman–Crippen LogP) is 3.37. The second-order valence-corrected chi connectivity index (χ2v) is 4.84. The molecule has 0 amide bonds. The number of methoxy groups -OCH3 is 1. The van der Waals surface area contributed by atoms with Crippen LogP contribution in [0.15, 0.2) is 48.8 Å². The van der Waals surface area contributed by atoms with Gasteiger partial charge in [-0.05, 0) is 54.8 Å².